The number of hydrogen-bond acceptors (Lipinski definition) is 5. The van der Waals surface area contributed by atoms with E-state index in [1.165, 1.54) is 4.88 Å². The minimum Gasteiger partial charge on any atom is -0.444 e. The SMILES string of the molecule is CCc1cnc(CNCc2cn[nH]c2-c2cccs2)o1. The number of aryl methyl sites for hydroxylation is 1. The molecule has 6 heteroatoms. The van der Waals surface area contributed by atoms with Crippen molar-refractivity contribution in [3.05, 3.63) is 47.1 Å². The van der Waals surface area contributed by atoms with E-state index in [9.17, 15) is 0 Å². The smallest absolute Gasteiger partial charge is 0.208 e. The highest BCUT2D eigenvalue weighted by Gasteiger charge is 2.09. The summed E-state index contributed by atoms with van der Waals surface area (Å²) in [5.41, 5.74) is 2.23. The average molecular weight is 288 g/mol. The Morgan fingerprint density at radius 1 is 1.35 bits per heavy atom. The quantitative estimate of drug-likeness (QED) is 0.732. The van der Waals surface area contributed by atoms with Gasteiger partial charge < -0.3 is 9.73 Å². The first-order valence-corrected chi connectivity index (χ1v) is 7.45. The van der Waals surface area contributed by atoms with Crippen molar-refractivity contribution in [2.24, 2.45) is 0 Å². The normalized spacial score (nSPS) is 11.1. The number of nitrogens with zero attached hydrogens (tertiary/aromatic N) is 2. The van der Waals surface area contributed by atoms with Gasteiger partial charge in [0.05, 0.1) is 29.5 Å². The van der Waals surface area contributed by atoms with E-state index in [2.05, 4.69) is 38.9 Å². The molecule has 0 bridgehead atoms. The summed E-state index contributed by atoms with van der Waals surface area (Å²) in [6.45, 7) is 3.40. The molecule has 0 aromatic carbocycles. The standard InChI is InChI=1S/C14H16N4OS/c1-2-11-8-16-13(19-11)9-15-6-10-7-17-18-14(10)12-4-3-5-20-12/h3-5,7-8,15H,2,6,9H2,1H3,(H,17,18). The monoisotopic (exact) mass is 288 g/mol. The van der Waals surface area contributed by atoms with Gasteiger partial charge in [0.1, 0.15) is 5.76 Å². The fraction of sp³-hybridized carbons (Fsp3) is 0.286. The molecule has 0 spiro atoms. The van der Waals surface area contributed by atoms with Gasteiger partial charge in [0.15, 0.2) is 0 Å². The Bertz CT molecular complexity index is 656. The van der Waals surface area contributed by atoms with Crippen molar-refractivity contribution in [2.75, 3.05) is 0 Å². The zero-order valence-corrected chi connectivity index (χ0v) is 12.0. The average Bonchev–Trinajstić information content (AvgIpc) is 3.20. The van der Waals surface area contributed by atoms with Gasteiger partial charge in [-0.15, -0.1) is 11.3 Å². The van der Waals surface area contributed by atoms with Crippen LogP contribution in [0.2, 0.25) is 0 Å². The number of aromatic nitrogens is 3. The summed E-state index contributed by atoms with van der Waals surface area (Å²) in [5, 5.41) is 12.6. The Kier molecular flexibility index (Phi) is 3.94. The molecule has 3 rings (SSSR count). The molecule has 0 amide bonds. The molecule has 0 saturated carbocycles. The first-order chi connectivity index (χ1) is 9.86. The Hall–Kier alpha value is -1.92. The molecule has 5 nitrogen and oxygen atoms in total. The molecule has 20 heavy (non-hydrogen) atoms. The van der Waals surface area contributed by atoms with Gasteiger partial charge in [-0.2, -0.15) is 5.10 Å². The van der Waals surface area contributed by atoms with Crippen LogP contribution in [-0.2, 0) is 19.5 Å². The Balaban J connectivity index is 1.60. The lowest BCUT2D eigenvalue weighted by molar-refractivity contribution is 0.439. The summed E-state index contributed by atoms with van der Waals surface area (Å²) in [7, 11) is 0. The molecule has 0 unspecified atom stereocenters. The first kappa shape index (κ1) is 13.1. The Labute approximate surface area is 121 Å². The summed E-state index contributed by atoms with van der Waals surface area (Å²) in [6.07, 6.45) is 4.51. The summed E-state index contributed by atoms with van der Waals surface area (Å²) >= 11 is 1.70. The van der Waals surface area contributed by atoms with E-state index in [0.29, 0.717) is 6.54 Å². The van der Waals surface area contributed by atoms with Crippen LogP contribution in [0, 0.1) is 0 Å². The van der Waals surface area contributed by atoms with Gasteiger partial charge in [-0.3, -0.25) is 5.10 Å². The molecule has 0 aliphatic heterocycles. The minimum absolute atomic E-state index is 0.620. The fourth-order valence-corrected chi connectivity index (χ4v) is 2.73. The zero-order valence-electron chi connectivity index (χ0n) is 11.2. The van der Waals surface area contributed by atoms with E-state index in [1.54, 1.807) is 17.5 Å². The van der Waals surface area contributed by atoms with Crippen LogP contribution in [0.5, 0.6) is 0 Å². The molecule has 3 aromatic heterocycles. The number of rotatable bonds is 6. The molecule has 0 atom stereocenters. The van der Waals surface area contributed by atoms with Gasteiger partial charge in [-0.1, -0.05) is 13.0 Å². The second kappa shape index (κ2) is 6.02. The van der Waals surface area contributed by atoms with Gasteiger partial charge in [0.2, 0.25) is 5.89 Å². The summed E-state index contributed by atoms with van der Waals surface area (Å²) in [4.78, 5) is 5.43. The van der Waals surface area contributed by atoms with Crippen LogP contribution in [0.3, 0.4) is 0 Å². The predicted molar refractivity (Wildman–Crippen MR) is 78.3 cm³/mol. The van der Waals surface area contributed by atoms with Crippen molar-refractivity contribution in [2.45, 2.75) is 26.4 Å². The molecule has 2 N–H and O–H groups in total. The van der Waals surface area contributed by atoms with Crippen molar-refractivity contribution >= 4 is 11.3 Å². The van der Waals surface area contributed by atoms with Crippen molar-refractivity contribution in [1.29, 1.82) is 0 Å². The maximum Gasteiger partial charge on any atom is 0.208 e. The van der Waals surface area contributed by atoms with Crippen molar-refractivity contribution < 1.29 is 4.42 Å². The van der Waals surface area contributed by atoms with Crippen LogP contribution >= 0.6 is 11.3 Å². The lowest BCUT2D eigenvalue weighted by Crippen LogP contribution is -2.12. The molecule has 3 heterocycles. The molecule has 3 aromatic rings. The maximum absolute atomic E-state index is 5.56. The first-order valence-electron chi connectivity index (χ1n) is 6.57. The predicted octanol–water partition coefficient (Wildman–Crippen LogP) is 2.98. The van der Waals surface area contributed by atoms with Crippen molar-refractivity contribution in [3.8, 4) is 10.6 Å². The second-order valence-corrected chi connectivity index (χ2v) is 5.37. The Morgan fingerprint density at radius 2 is 2.30 bits per heavy atom. The van der Waals surface area contributed by atoms with Crippen LogP contribution < -0.4 is 5.32 Å². The van der Waals surface area contributed by atoms with Crippen LogP contribution in [0.15, 0.2) is 34.3 Å². The molecule has 0 radical (unpaired) electrons. The summed E-state index contributed by atoms with van der Waals surface area (Å²) in [5.74, 6) is 1.65. The van der Waals surface area contributed by atoms with E-state index >= 15 is 0 Å². The molecule has 0 aliphatic carbocycles. The number of thiophene rings is 1. The highest BCUT2D eigenvalue weighted by molar-refractivity contribution is 7.13. The minimum atomic E-state index is 0.620. The highest BCUT2D eigenvalue weighted by atomic mass is 32.1. The number of hydrogen-bond donors (Lipinski definition) is 2. The maximum atomic E-state index is 5.56. The van der Waals surface area contributed by atoms with E-state index in [1.807, 2.05) is 12.3 Å². The number of aromatic amines is 1. The number of oxazole rings is 1. The number of H-pyrrole nitrogens is 1. The molecular weight excluding hydrogens is 272 g/mol. The number of nitrogens with one attached hydrogen (secondary N) is 2. The lowest BCUT2D eigenvalue weighted by atomic mass is 10.2. The fourth-order valence-electron chi connectivity index (χ4n) is 1.98. The van der Waals surface area contributed by atoms with Crippen LogP contribution in [-0.4, -0.2) is 15.2 Å². The topological polar surface area (TPSA) is 66.7 Å². The molecule has 0 aliphatic rings. The molecule has 0 saturated heterocycles. The van der Waals surface area contributed by atoms with Crippen LogP contribution in [0.25, 0.3) is 10.6 Å². The summed E-state index contributed by atoms with van der Waals surface area (Å²) in [6, 6.07) is 4.13. The second-order valence-electron chi connectivity index (χ2n) is 4.42. The van der Waals surface area contributed by atoms with E-state index in [0.717, 1.165) is 35.9 Å². The Morgan fingerprint density at radius 3 is 3.05 bits per heavy atom. The van der Waals surface area contributed by atoms with Crippen molar-refractivity contribution in [3.63, 3.8) is 0 Å². The zero-order chi connectivity index (χ0) is 13.8. The third-order valence-corrected chi connectivity index (χ3v) is 3.91. The third-order valence-electron chi connectivity index (χ3n) is 3.03. The lowest BCUT2D eigenvalue weighted by Gasteiger charge is -2.02. The van der Waals surface area contributed by atoms with Gasteiger partial charge >= 0.3 is 0 Å². The van der Waals surface area contributed by atoms with Crippen LogP contribution in [0.4, 0.5) is 0 Å². The van der Waals surface area contributed by atoms with Gasteiger partial charge in [0, 0.05) is 18.5 Å². The largest absolute Gasteiger partial charge is 0.444 e. The van der Waals surface area contributed by atoms with Gasteiger partial charge in [0.25, 0.3) is 0 Å². The van der Waals surface area contributed by atoms with E-state index in [-0.39, 0.29) is 0 Å². The van der Waals surface area contributed by atoms with Gasteiger partial charge in [-0.05, 0) is 11.4 Å². The molecule has 104 valence electrons. The van der Waals surface area contributed by atoms with Gasteiger partial charge in [-0.25, -0.2) is 4.98 Å². The highest BCUT2D eigenvalue weighted by Crippen LogP contribution is 2.25. The molecule has 0 fully saturated rings. The van der Waals surface area contributed by atoms with E-state index < -0.39 is 0 Å². The van der Waals surface area contributed by atoms with E-state index in [4.69, 9.17) is 4.42 Å². The third kappa shape index (κ3) is 2.81. The van der Waals surface area contributed by atoms with Crippen LogP contribution in [0.1, 0.15) is 24.1 Å². The summed E-state index contributed by atoms with van der Waals surface area (Å²) < 4.78 is 5.56. The molecular formula is C14H16N4OS. The van der Waals surface area contributed by atoms with Crippen molar-refractivity contribution in [1.82, 2.24) is 20.5 Å².